The number of carbonyl (C=O) groups is 1. The Hall–Kier alpha value is -3.58. The lowest BCUT2D eigenvalue weighted by molar-refractivity contribution is 0.0969. The standard InChI is InChI=1S/C24H25N3O3S/c1-26-13-17(12-25)21-14-31-15-22(21)24(28)23(16-7-5-4-6-8-16)27-18-9-19(29-2)11-20(10-18)30-3/h4-15,23,27H,25H2,1-3H3. The van der Waals surface area contributed by atoms with E-state index in [2.05, 4.69) is 10.3 Å². The molecule has 7 heteroatoms. The van der Waals surface area contributed by atoms with Crippen molar-refractivity contribution in [2.24, 2.45) is 10.7 Å². The second kappa shape index (κ2) is 10.4. The van der Waals surface area contributed by atoms with E-state index in [0.29, 0.717) is 28.3 Å². The largest absolute Gasteiger partial charge is 0.497 e. The predicted molar refractivity (Wildman–Crippen MR) is 128 cm³/mol. The van der Waals surface area contributed by atoms with Crippen LogP contribution in [0.25, 0.3) is 5.57 Å². The van der Waals surface area contributed by atoms with Crippen molar-refractivity contribution in [2.45, 2.75) is 6.04 Å². The molecule has 0 aliphatic rings. The highest BCUT2D eigenvalue weighted by atomic mass is 32.1. The third kappa shape index (κ3) is 5.13. The maximum atomic E-state index is 13.7. The molecule has 0 bridgehead atoms. The smallest absolute Gasteiger partial charge is 0.191 e. The SMILES string of the molecule is CN=CC(=CN)c1cscc1C(=O)C(Nc1cc(OC)cc(OC)c1)c1ccccc1. The molecule has 3 rings (SSSR count). The summed E-state index contributed by atoms with van der Waals surface area (Å²) in [6, 6.07) is 14.4. The van der Waals surface area contributed by atoms with Crippen LogP contribution >= 0.6 is 11.3 Å². The first-order chi connectivity index (χ1) is 15.1. The lowest BCUT2D eigenvalue weighted by Gasteiger charge is -2.21. The Morgan fingerprint density at radius 1 is 1.06 bits per heavy atom. The zero-order chi connectivity index (χ0) is 22.2. The number of allylic oxidation sites excluding steroid dienone is 1. The minimum atomic E-state index is -0.621. The number of hydrogen-bond acceptors (Lipinski definition) is 7. The highest BCUT2D eigenvalue weighted by Crippen LogP contribution is 2.32. The van der Waals surface area contributed by atoms with Gasteiger partial charge in [0.05, 0.1) is 14.2 Å². The Labute approximate surface area is 186 Å². The van der Waals surface area contributed by atoms with E-state index < -0.39 is 6.04 Å². The van der Waals surface area contributed by atoms with Gasteiger partial charge in [0.25, 0.3) is 0 Å². The van der Waals surface area contributed by atoms with Crippen molar-refractivity contribution in [3.05, 3.63) is 82.2 Å². The predicted octanol–water partition coefficient (Wildman–Crippen LogP) is 4.80. The number of rotatable bonds is 9. The molecule has 0 saturated heterocycles. The molecule has 0 spiro atoms. The fraction of sp³-hybridized carbons (Fsp3) is 0.167. The molecule has 1 heterocycles. The highest BCUT2D eigenvalue weighted by Gasteiger charge is 2.26. The van der Waals surface area contributed by atoms with Crippen LogP contribution in [0.2, 0.25) is 0 Å². The van der Waals surface area contributed by atoms with Crippen LogP contribution in [0.1, 0.15) is 27.5 Å². The van der Waals surface area contributed by atoms with Crippen LogP contribution in [0.4, 0.5) is 5.69 Å². The molecule has 160 valence electrons. The number of carbonyl (C=O) groups excluding carboxylic acids is 1. The van der Waals surface area contributed by atoms with Gasteiger partial charge < -0.3 is 20.5 Å². The van der Waals surface area contributed by atoms with Crippen molar-refractivity contribution in [2.75, 3.05) is 26.6 Å². The first kappa shape index (κ1) is 22.1. The molecule has 1 aromatic heterocycles. The van der Waals surface area contributed by atoms with Gasteiger partial charge in [-0.05, 0) is 10.9 Å². The van der Waals surface area contributed by atoms with E-state index in [-0.39, 0.29) is 5.78 Å². The van der Waals surface area contributed by atoms with E-state index in [4.69, 9.17) is 15.2 Å². The first-order valence-corrected chi connectivity index (χ1v) is 10.5. The monoisotopic (exact) mass is 435 g/mol. The van der Waals surface area contributed by atoms with E-state index >= 15 is 0 Å². The lowest BCUT2D eigenvalue weighted by Crippen LogP contribution is -2.22. The van der Waals surface area contributed by atoms with Crippen molar-refractivity contribution in [1.29, 1.82) is 0 Å². The Balaban J connectivity index is 2.04. The van der Waals surface area contributed by atoms with Crippen molar-refractivity contribution < 1.29 is 14.3 Å². The van der Waals surface area contributed by atoms with Crippen LogP contribution < -0.4 is 20.5 Å². The second-order valence-electron chi connectivity index (χ2n) is 6.66. The number of thiophene rings is 1. The van der Waals surface area contributed by atoms with Crippen molar-refractivity contribution in [3.8, 4) is 11.5 Å². The van der Waals surface area contributed by atoms with Gasteiger partial charge in [0.1, 0.15) is 17.5 Å². The number of ether oxygens (including phenoxy) is 2. The van der Waals surface area contributed by atoms with Crippen LogP contribution in [-0.2, 0) is 0 Å². The van der Waals surface area contributed by atoms with Crippen LogP contribution in [-0.4, -0.2) is 33.3 Å². The number of methoxy groups -OCH3 is 2. The number of hydrogen-bond donors (Lipinski definition) is 2. The molecule has 0 saturated carbocycles. The number of Topliss-reactive ketones (excluding diaryl/α,β-unsaturated/α-hetero) is 1. The van der Waals surface area contributed by atoms with Crippen LogP contribution in [0.3, 0.4) is 0 Å². The van der Waals surface area contributed by atoms with E-state index in [1.807, 2.05) is 53.2 Å². The van der Waals surface area contributed by atoms with Crippen LogP contribution in [0.5, 0.6) is 11.5 Å². The van der Waals surface area contributed by atoms with Gasteiger partial charge in [0.2, 0.25) is 0 Å². The molecule has 0 amide bonds. The van der Waals surface area contributed by atoms with Gasteiger partial charge >= 0.3 is 0 Å². The summed E-state index contributed by atoms with van der Waals surface area (Å²) in [4.78, 5) is 17.8. The van der Waals surface area contributed by atoms with E-state index in [1.54, 1.807) is 33.5 Å². The third-order valence-electron chi connectivity index (χ3n) is 4.74. The molecule has 0 fully saturated rings. The third-order valence-corrected chi connectivity index (χ3v) is 5.49. The van der Waals surface area contributed by atoms with E-state index in [9.17, 15) is 4.79 Å². The summed E-state index contributed by atoms with van der Waals surface area (Å²) in [6.45, 7) is 0. The normalized spacial score (nSPS) is 12.5. The number of nitrogens with zero attached hydrogens (tertiary/aromatic N) is 1. The molecule has 1 atom stereocenters. The maximum Gasteiger partial charge on any atom is 0.191 e. The average Bonchev–Trinajstić information content (AvgIpc) is 3.30. The fourth-order valence-corrected chi connectivity index (χ4v) is 4.06. The van der Waals surface area contributed by atoms with Crippen molar-refractivity contribution in [1.82, 2.24) is 0 Å². The molecule has 31 heavy (non-hydrogen) atoms. The average molecular weight is 436 g/mol. The molecular weight excluding hydrogens is 410 g/mol. The Morgan fingerprint density at radius 3 is 2.29 bits per heavy atom. The maximum absolute atomic E-state index is 13.7. The molecule has 3 aromatic rings. The zero-order valence-corrected chi connectivity index (χ0v) is 18.5. The van der Waals surface area contributed by atoms with Crippen molar-refractivity contribution in [3.63, 3.8) is 0 Å². The summed E-state index contributed by atoms with van der Waals surface area (Å²) in [7, 11) is 4.85. The van der Waals surface area contributed by atoms with E-state index in [0.717, 1.165) is 11.1 Å². The summed E-state index contributed by atoms with van der Waals surface area (Å²) in [5, 5.41) is 7.11. The minimum absolute atomic E-state index is 0.0758. The molecule has 0 radical (unpaired) electrons. The molecular formula is C24H25N3O3S. The first-order valence-electron chi connectivity index (χ1n) is 9.60. The van der Waals surface area contributed by atoms with E-state index in [1.165, 1.54) is 17.5 Å². The summed E-state index contributed by atoms with van der Waals surface area (Å²) >= 11 is 1.45. The van der Waals surface area contributed by atoms with Gasteiger partial charge in [-0.2, -0.15) is 11.3 Å². The Kier molecular flexibility index (Phi) is 7.45. The molecule has 0 aliphatic heterocycles. The lowest BCUT2D eigenvalue weighted by atomic mass is 9.94. The molecule has 2 aromatic carbocycles. The number of anilines is 1. The van der Waals surface area contributed by atoms with Gasteiger partial charge in [0.15, 0.2) is 5.78 Å². The fourth-order valence-electron chi connectivity index (χ4n) is 3.21. The Bertz CT molecular complexity index is 1070. The zero-order valence-electron chi connectivity index (χ0n) is 17.7. The van der Waals surface area contributed by atoms with Crippen molar-refractivity contribution >= 4 is 34.6 Å². The Morgan fingerprint density at radius 2 is 1.71 bits per heavy atom. The molecule has 1 unspecified atom stereocenters. The number of nitrogens with one attached hydrogen (secondary N) is 1. The van der Waals surface area contributed by atoms with Gasteiger partial charge in [-0.3, -0.25) is 9.79 Å². The van der Waals surface area contributed by atoms with Crippen LogP contribution in [0, 0.1) is 0 Å². The second-order valence-corrected chi connectivity index (χ2v) is 7.41. The number of ketones is 1. The highest BCUT2D eigenvalue weighted by molar-refractivity contribution is 7.08. The number of nitrogens with two attached hydrogens (primary N) is 1. The minimum Gasteiger partial charge on any atom is -0.497 e. The van der Waals surface area contributed by atoms with Gasteiger partial charge in [-0.15, -0.1) is 0 Å². The van der Waals surface area contributed by atoms with Gasteiger partial charge in [-0.1, -0.05) is 30.3 Å². The summed E-state index contributed by atoms with van der Waals surface area (Å²) in [5.41, 5.74) is 9.38. The van der Waals surface area contributed by atoms with Gasteiger partial charge in [0, 0.05) is 65.4 Å². The van der Waals surface area contributed by atoms with Crippen LogP contribution in [0.15, 0.2) is 70.5 Å². The molecule has 3 N–H and O–H groups in total. The molecule has 0 aliphatic carbocycles. The van der Waals surface area contributed by atoms with Gasteiger partial charge in [-0.25, -0.2) is 0 Å². The number of aliphatic imine (C=N–C) groups is 1. The summed E-state index contributed by atoms with van der Waals surface area (Å²) < 4.78 is 10.7. The quantitative estimate of drug-likeness (QED) is 0.372. The number of benzene rings is 2. The molecule has 6 nitrogen and oxygen atoms in total. The summed E-state index contributed by atoms with van der Waals surface area (Å²) in [6.07, 6.45) is 3.11. The summed E-state index contributed by atoms with van der Waals surface area (Å²) in [5.74, 6) is 1.18. The topological polar surface area (TPSA) is 85.9 Å².